The average molecular weight is 355 g/mol. The molecular weight excluding hydrogens is 332 g/mol. The summed E-state index contributed by atoms with van der Waals surface area (Å²) < 4.78 is 11.0. The molecule has 0 radical (unpaired) electrons. The molecule has 1 aromatic rings. The number of amides is 1. The van der Waals surface area contributed by atoms with Crippen LogP contribution in [-0.2, 0) is 9.53 Å². The van der Waals surface area contributed by atoms with Gasteiger partial charge in [0.25, 0.3) is 5.91 Å². The number of aliphatic hydroxyl groups excluding tert-OH is 1. The molecule has 0 saturated carbocycles. The van der Waals surface area contributed by atoms with E-state index >= 15 is 0 Å². The zero-order chi connectivity index (χ0) is 17.1. The van der Waals surface area contributed by atoms with Crippen LogP contribution in [0.4, 0.5) is 0 Å². The molecule has 2 aliphatic heterocycles. The molecule has 1 aromatic carbocycles. The van der Waals surface area contributed by atoms with Gasteiger partial charge in [-0.25, -0.2) is 0 Å². The van der Waals surface area contributed by atoms with Crippen molar-refractivity contribution in [1.82, 2.24) is 9.80 Å². The first kappa shape index (κ1) is 17.5. The minimum atomic E-state index is -0.524. The predicted molar refractivity (Wildman–Crippen MR) is 90.5 cm³/mol. The van der Waals surface area contributed by atoms with E-state index in [1.54, 1.807) is 23.1 Å². The van der Waals surface area contributed by atoms with Gasteiger partial charge in [-0.15, -0.1) is 0 Å². The molecule has 24 heavy (non-hydrogen) atoms. The quantitative estimate of drug-likeness (QED) is 0.871. The normalized spacial score (nSPS) is 25.0. The number of rotatable bonds is 4. The minimum Gasteiger partial charge on any atom is -0.483 e. The van der Waals surface area contributed by atoms with E-state index in [1.807, 2.05) is 6.92 Å². The molecule has 7 heteroatoms. The smallest absolute Gasteiger partial charge is 0.260 e. The number of nitrogens with zero attached hydrogens (tertiary/aromatic N) is 2. The Morgan fingerprint density at radius 1 is 1.38 bits per heavy atom. The van der Waals surface area contributed by atoms with Gasteiger partial charge in [-0.05, 0) is 30.7 Å². The Morgan fingerprint density at radius 3 is 2.83 bits per heavy atom. The van der Waals surface area contributed by atoms with Crippen molar-refractivity contribution < 1.29 is 19.4 Å². The summed E-state index contributed by atoms with van der Waals surface area (Å²) in [7, 11) is 0. The Morgan fingerprint density at radius 2 is 2.12 bits per heavy atom. The van der Waals surface area contributed by atoms with Crippen LogP contribution in [0.15, 0.2) is 18.2 Å². The van der Waals surface area contributed by atoms with E-state index in [9.17, 15) is 9.90 Å². The summed E-state index contributed by atoms with van der Waals surface area (Å²) in [6, 6.07) is 5.29. The lowest BCUT2D eigenvalue weighted by Gasteiger charge is -2.33. The van der Waals surface area contributed by atoms with Crippen molar-refractivity contribution >= 4 is 17.5 Å². The third-order valence-corrected chi connectivity index (χ3v) is 4.85. The maximum atomic E-state index is 12.4. The number of halogens is 1. The number of β-amino-alcohol motifs (C(OH)–C–C–N with tert-alkyl or cyclic N) is 1. The van der Waals surface area contributed by atoms with Crippen molar-refractivity contribution in [2.45, 2.75) is 19.1 Å². The van der Waals surface area contributed by atoms with Crippen molar-refractivity contribution in [3.8, 4) is 5.75 Å². The number of carbonyl (C=O) groups excluding carboxylic acids is 1. The van der Waals surface area contributed by atoms with Gasteiger partial charge in [0.1, 0.15) is 5.75 Å². The molecule has 1 amide bonds. The summed E-state index contributed by atoms with van der Waals surface area (Å²) in [6.07, 6.45) is -0.524. The Kier molecular flexibility index (Phi) is 5.61. The summed E-state index contributed by atoms with van der Waals surface area (Å²) in [5, 5.41) is 10.9. The van der Waals surface area contributed by atoms with Gasteiger partial charge in [0.05, 0.1) is 25.4 Å². The number of benzene rings is 1. The van der Waals surface area contributed by atoms with Gasteiger partial charge in [0.15, 0.2) is 6.61 Å². The highest BCUT2D eigenvalue weighted by atomic mass is 35.5. The second-order valence-corrected chi connectivity index (χ2v) is 6.72. The molecule has 0 aromatic heterocycles. The van der Waals surface area contributed by atoms with Crippen molar-refractivity contribution in [1.29, 1.82) is 0 Å². The molecule has 0 spiro atoms. The fourth-order valence-electron chi connectivity index (χ4n) is 3.25. The lowest BCUT2D eigenvalue weighted by atomic mass is 10.2. The zero-order valence-corrected chi connectivity index (χ0v) is 14.5. The topological polar surface area (TPSA) is 62.2 Å². The lowest BCUT2D eigenvalue weighted by molar-refractivity contribution is -0.132. The second kappa shape index (κ2) is 7.70. The van der Waals surface area contributed by atoms with Gasteiger partial charge in [0.2, 0.25) is 0 Å². The number of aliphatic hydroxyl groups is 1. The van der Waals surface area contributed by atoms with Crippen molar-refractivity contribution in [3.63, 3.8) is 0 Å². The molecule has 0 bridgehead atoms. The molecule has 132 valence electrons. The van der Waals surface area contributed by atoms with Gasteiger partial charge in [-0.3, -0.25) is 9.69 Å². The van der Waals surface area contributed by atoms with Crippen molar-refractivity contribution in [2.75, 3.05) is 46.0 Å². The minimum absolute atomic E-state index is 0.0184. The summed E-state index contributed by atoms with van der Waals surface area (Å²) in [4.78, 5) is 16.3. The van der Waals surface area contributed by atoms with Crippen LogP contribution in [0.3, 0.4) is 0 Å². The highest BCUT2D eigenvalue weighted by Crippen LogP contribution is 2.22. The highest BCUT2D eigenvalue weighted by molar-refractivity contribution is 6.30. The van der Waals surface area contributed by atoms with Crippen LogP contribution in [0.1, 0.15) is 5.56 Å². The van der Waals surface area contributed by atoms with Gasteiger partial charge in [-0.2, -0.15) is 0 Å². The first-order valence-electron chi connectivity index (χ1n) is 8.21. The van der Waals surface area contributed by atoms with E-state index in [1.165, 1.54) is 0 Å². The van der Waals surface area contributed by atoms with Crippen LogP contribution >= 0.6 is 11.6 Å². The molecule has 3 rings (SSSR count). The van der Waals surface area contributed by atoms with Crippen LogP contribution < -0.4 is 4.74 Å². The average Bonchev–Trinajstić information content (AvgIpc) is 2.96. The number of aryl methyl sites for hydroxylation is 1. The summed E-state index contributed by atoms with van der Waals surface area (Å²) in [5.74, 6) is 0.538. The lowest BCUT2D eigenvalue weighted by Crippen LogP contribution is -2.49. The van der Waals surface area contributed by atoms with E-state index < -0.39 is 6.10 Å². The van der Waals surface area contributed by atoms with Crippen LogP contribution in [0.25, 0.3) is 0 Å². The molecule has 2 atom stereocenters. The van der Waals surface area contributed by atoms with Crippen molar-refractivity contribution in [2.24, 2.45) is 0 Å². The molecule has 1 N–H and O–H groups in total. The zero-order valence-electron chi connectivity index (χ0n) is 13.8. The van der Waals surface area contributed by atoms with Crippen LogP contribution in [0.5, 0.6) is 5.75 Å². The SMILES string of the molecule is Cc1cc(Cl)ccc1OCC(=O)N1C[C@H](O)[C@@H](N2CCOCC2)C1. The number of ether oxygens (including phenoxy) is 2. The molecule has 0 aliphatic carbocycles. The molecule has 2 heterocycles. The molecule has 0 unspecified atom stereocenters. The standard InChI is InChI=1S/C17H23ClN2O4/c1-12-8-13(18)2-3-16(12)24-11-17(22)20-9-14(15(21)10-20)19-4-6-23-7-5-19/h2-3,8,14-15,21H,4-7,9-11H2,1H3/t14-,15-/m0/s1. The number of hydrogen-bond acceptors (Lipinski definition) is 5. The number of morpholine rings is 1. The Labute approximate surface area is 146 Å². The summed E-state index contributed by atoms with van der Waals surface area (Å²) in [5.41, 5.74) is 0.892. The first-order valence-corrected chi connectivity index (χ1v) is 8.59. The van der Waals surface area contributed by atoms with Crippen LogP contribution in [0, 0.1) is 6.92 Å². The van der Waals surface area contributed by atoms with E-state index in [2.05, 4.69) is 4.90 Å². The molecule has 2 aliphatic rings. The number of likely N-dealkylation sites (tertiary alicyclic amines) is 1. The summed E-state index contributed by atoms with van der Waals surface area (Å²) >= 11 is 5.92. The third kappa shape index (κ3) is 4.00. The fourth-order valence-corrected chi connectivity index (χ4v) is 3.47. The van der Waals surface area contributed by atoms with Crippen LogP contribution in [-0.4, -0.2) is 79.0 Å². The Bertz CT molecular complexity index is 592. The molecule has 2 fully saturated rings. The monoisotopic (exact) mass is 354 g/mol. The van der Waals surface area contributed by atoms with Crippen molar-refractivity contribution in [3.05, 3.63) is 28.8 Å². The number of carbonyl (C=O) groups is 1. The highest BCUT2D eigenvalue weighted by Gasteiger charge is 2.38. The van der Waals surface area contributed by atoms with Gasteiger partial charge < -0.3 is 19.5 Å². The Hall–Kier alpha value is -1.34. The maximum absolute atomic E-state index is 12.4. The van der Waals surface area contributed by atoms with Gasteiger partial charge in [0, 0.05) is 31.2 Å². The second-order valence-electron chi connectivity index (χ2n) is 6.28. The van der Waals surface area contributed by atoms with E-state index in [0.29, 0.717) is 37.1 Å². The largest absolute Gasteiger partial charge is 0.483 e. The fraction of sp³-hybridized carbons (Fsp3) is 0.588. The van der Waals surface area contributed by atoms with Gasteiger partial charge >= 0.3 is 0 Å². The van der Waals surface area contributed by atoms with Gasteiger partial charge in [-0.1, -0.05) is 11.6 Å². The number of hydrogen-bond donors (Lipinski definition) is 1. The van der Waals surface area contributed by atoms with E-state index in [0.717, 1.165) is 18.7 Å². The third-order valence-electron chi connectivity index (χ3n) is 4.61. The van der Waals surface area contributed by atoms with E-state index in [-0.39, 0.29) is 18.6 Å². The molecular formula is C17H23ClN2O4. The molecule has 2 saturated heterocycles. The van der Waals surface area contributed by atoms with Crippen LogP contribution in [0.2, 0.25) is 5.02 Å². The van der Waals surface area contributed by atoms with E-state index in [4.69, 9.17) is 21.1 Å². The first-order chi connectivity index (χ1) is 11.5. The Balaban J connectivity index is 1.53. The molecule has 6 nitrogen and oxygen atoms in total. The maximum Gasteiger partial charge on any atom is 0.260 e. The summed E-state index contributed by atoms with van der Waals surface area (Å²) in [6.45, 7) is 5.68. The predicted octanol–water partition coefficient (Wildman–Crippen LogP) is 0.931.